The van der Waals surface area contributed by atoms with Crippen molar-refractivity contribution < 1.29 is 9.15 Å². The molecule has 0 amide bonds. The van der Waals surface area contributed by atoms with Crippen LogP contribution in [0.2, 0.25) is 0 Å². The average Bonchev–Trinajstić information content (AvgIpc) is 3.14. The Kier molecular flexibility index (Phi) is 4.55. The first kappa shape index (κ1) is 14.5. The summed E-state index contributed by atoms with van der Waals surface area (Å²) in [6, 6.07) is 4.41. The van der Waals surface area contributed by atoms with Crippen LogP contribution < -0.4 is 4.90 Å². The summed E-state index contributed by atoms with van der Waals surface area (Å²) in [5.41, 5.74) is 0. The van der Waals surface area contributed by atoms with Crippen LogP contribution in [0, 0.1) is 6.92 Å². The molecule has 21 heavy (non-hydrogen) atoms. The lowest BCUT2D eigenvalue weighted by atomic mass is 10.0. The van der Waals surface area contributed by atoms with Crippen LogP contribution in [0.15, 0.2) is 16.5 Å². The molecule has 0 aliphatic carbocycles. The smallest absolute Gasteiger partial charge is 0.205 e. The second-order valence-corrected chi connectivity index (χ2v) is 6.12. The normalized spacial score (nSPS) is 19.1. The zero-order chi connectivity index (χ0) is 14.7. The van der Waals surface area contributed by atoms with Crippen LogP contribution in [0.4, 0.5) is 5.13 Å². The standard InChI is InChI=1S/C15H21N3O2S/c1-11-6-7-13(20-11)12-5-3-4-9-18(12)15-16-14(17-21-15)8-10-19-2/h6-7,12H,3-5,8-10H2,1-2H3. The van der Waals surface area contributed by atoms with Crippen molar-refractivity contribution in [3.8, 4) is 0 Å². The molecular formula is C15H21N3O2S. The zero-order valence-electron chi connectivity index (χ0n) is 12.5. The van der Waals surface area contributed by atoms with Gasteiger partial charge in [-0.3, -0.25) is 0 Å². The molecule has 1 aliphatic heterocycles. The number of aryl methyl sites for hydroxylation is 1. The summed E-state index contributed by atoms with van der Waals surface area (Å²) in [6.07, 6.45) is 4.31. The van der Waals surface area contributed by atoms with Gasteiger partial charge in [-0.25, -0.2) is 4.98 Å². The molecular weight excluding hydrogens is 286 g/mol. The van der Waals surface area contributed by atoms with Gasteiger partial charge in [-0.2, -0.15) is 4.37 Å². The molecule has 0 aromatic carbocycles. The van der Waals surface area contributed by atoms with Crippen molar-refractivity contribution >= 4 is 16.7 Å². The van der Waals surface area contributed by atoms with Gasteiger partial charge in [0.2, 0.25) is 5.13 Å². The maximum atomic E-state index is 5.84. The highest BCUT2D eigenvalue weighted by Crippen LogP contribution is 2.36. The maximum absolute atomic E-state index is 5.84. The summed E-state index contributed by atoms with van der Waals surface area (Å²) in [6.45, 7) is 3.67. The maximum Gasteiger partial charge on any atom is 0.205 e. The van der Waals surface area contributed by atoms with E-state index >= 15 is 0 Å². The third-order valence-corrected chi connectivity index (χ3v) is 4.62. The van der Waals surface area contributed by atoms with Crippen molar-refractivity contribution in [2.75, 3.05) is 25.2 Å². The Bertz CT molecular complexity index is 581. The molecule has 0 radical (unpaired) electrons. The Morgan fingerprint density at radius 2 is 2.33 bits per heavy atom. The van der Waals surface area contributed by atoms with Crippen LogP contribution in [0.1, 0.15) is 42.6 Å². The predicted octanol–water partition coefficient (Wildman–Crippen LogP) is 3.36. The molecule has 0 N–H and O–H groups in total. The van der Waals surface area contributed by atoms with Gasteiger partial charge in [-0.15, -0.1) is 0 Å². The zero-order valence-corrected chi connectivity index (χ0v) is 13.4. The van der Waals surface area contributed by atoms with E-state index in [4.69, 9.17) is 9.15 Å². The first-order valence-corrected chi connectivity index (χ1v) is 8.20. The van der Waals surface area contributed by atoms with E-state index in [1.165, 1.54) is 24.4 Å². The van der Waals surface area contributed by atoms with Gasteiger partial charge < -0.3 is 14.1 Å². The lowest BCUT2D eigenvalue weighted by Crippen LogP contribution is -2.33. The Morgan fingerprint density at radius 3 is 3.10 bits per heavy atom. The van der Waals surface area contributed by atoms with E-state index in [1.807, 2.05) is 13.0 Å². The molecule has 0 saturated carbocycles. The fourth-order valence-electron chi connectivity index (χ4n) is 2.75. The number of furan rings is 1. The van der Waals surface area contributed by atoms with Crippen LogP contribution in [-0.4, -0.2) is 29.6 Å². The van der Waals surface area contributed by atoms with Gasteiger partial charge in [-0.1, -0.05) is 0 Å². The Morgan fingerprint density at radius 1 is 1.43 bits per heavy atom. The van der Waals surface area contributed by atoms with Crippen molar-refractivity contribution in [3.63, 3.8) is 0 Å². The van der Waals surface area contributed by atoms with Crippen LogP contribution in [0.5, 0.6) is 0 Å². The van der Waals surface area contributed by atoms with Gasteiger partial charge in [0, 0.05) is 31.6 Å². The second kappa shape index (κ2) is 6.58. The lowest BCUT2D eigenvalue weighted by Gasteiger charge is -2.33. The van der Waals surface area contributed by atoms with E-state index in [0.29, 0.717) is 6.61 Å². The van der Waals surface area contributed by atoms with Crippen LogP contribution in [-0.2, 0) is 11.2 Å². The number of aromatic nitrogens is 2. The summed E-state index contributed by atoms with van der Waals surface area (Å²) in [5, 5.41) is 1.000. The highest BCUT2D eigenvalue weighted by molar-refractivity contribution is 7.09. The molecule has 1 fully saturated rings. The molecule has 3 heterocycles. The minimum absolute atomic E-state index is 0.288. The first-order chi connectivity index (χ1) is 10.3. The Labute approximate surface area is 129 Å². The molecule has 1 saturated heterocycles. The number of piperidine rings is 1. The first-order valence-electron chi connectivity index (χ1n) is 7.42. The molecule has 0 bridgehead atoms. The van der Waals surface area contributed by atoms with Gasteiger partial charge in [0.05, 0.1) is 12.6 Å². The summed E-state index contributed by atoms with van der Waals surface area (Å²) in [7, 11) is 1.70. The monoisotopic (exact) mass is 307 g/mol. The van der Waals surface area contributed by atoms with E-state index in [-0.39, 0.29) is 6.04 Å². The largest absolute Gasteiger partial charge is 0.464 e. The fraction of sp³-hybridized carbons (Fsp3) is 0.600. The lowest BCUT2D eigenvalue weighted by molar-refractivity contribution is 0.201. The number of anilines is 1. The second-order valence-electron chi connectivity index (χ2n) is 5.39. The minimum atomic E-state index is 0.288. The number of methoxy groups -OCH3 is 1. The number of hydrogen-bond acceptors (Lipinski definition) is 6. The molecule has 2 aromatic rings. The van der Waals surface area contributed by atoms with E-state index < -0.39 is 0 Å². The summed E-state index contributed by atoms with van der Waals surface area (Å²) in [4.78, 5) is 7.01. The van der Waals surface area contributed by atoms with E-state index in [2.05, 4.69) is 20.3 Å². The Balaban J connectivity index is 1.79. The third-order valence-electron chi connectivity index (χ3n) is 3.83. The number of ether oxygens (including phenoxy) is 1. The predicted molar refractivity (Wildman–Crippen MR) is 82.9 cm³/mol. The number of hydrogen-bond donors (Lipinski definition) is 0. The van der Waals surface area contributed by atoms with Crippen molar-refractivity contribution in [2.24, 2.45) is 0 Å². The molecule has 1 unspecified atom stereocenters. The summed E-state index contributed by atoms with van der Waals surface area (Å²) < 4.78 is 15.4. The third kappa shape index (κ3) is 3.27. The average molecular weight is 307 g/mol. The number of nitrogens with zero attached hydrogens (tertiary/aromatic N) is 3. The molecule has 6 heteroatoms. The SMILES string of the molecule is COCCc1nsc(N2CCCCC2c2ccc(C)o2)n1. The highest BCUT2D eigenvalue weighted by atomic mass is 32.1. The van der Waals surface area contributed by atoms with Gasteiger partial charge in [-0.05, 0) is 38.3 Å². The van der Waals surface area contributed by atoms with Crippen LogP contribution in [0.3, 0.4) is 0 Å². The summed E-state index contributed by atoms with van der Waals surface area (Å²) in [5.74, 6) is 2.88. The van der Waals surface area contributed by atoms with E-state index in [0.717, 1.165) is 41.9 Å². The van der Waals surface area contributed by atoms with Crippen molar-refractivity contribution in [2.45, 2.75) is 38.6 Å². The van der Waals surface area contributed by atoms with Gasteiger partial charge in [0.1, 0.15) is 17.3 Å². The van der Waals surface area contributed by atoms with Crippen LogP contribution in [0.25, 0.3) is 0 Å². The molecule has 3 rings (SSSR count). The van der Waals surface area contributed by atoms with Crippen molar-refractivity contribution in [1.82, 2.24) is 9.36 Å². The molecule has 0 spiro atoms. The molecule has 1 atom stereocenters. The number of rotatable bonds is 5. The van der Waals surface area contributed by atoms with Gasteiger partial charge in [0.15, 0.2) is 0 Å². The van der Waals surface area contributed by atoms with Crippen LogP contribution >= 0.6 is 11.5 Å². The quantitative estimate of drug-likeness (QED) is 0.848. The highest BCUT2D eigenvalue weighted by Gasteiger charge is 2.28. The van der Waals surface area contributed by atoms with Gasteiger partial charge >= 0.3 is 0 Å². The Hall–Kier alpha value is -1.40. The molecule has 5 nitrogen and oxygen atoms in total. The molecule has 1 aliphatic rings. The van der Waals surface area contributed by atoms with Crippen molar-refractivity contribution in [3.05, 3.63) is 29.5 Å². The van der Waals surface area contributed by atoms with E-state index in [1.54, 1.807) is 7.11 Å². The fourth-order valence-corrected chi connectivity index (χ4v) is 3.53. The summed E-state index contributed by atoms with van der Waals surface area (Å²) >= 11 is 1.48. The topological polar surface area (TPSA) is 51.4 Å². The molecule has 114 valence electrons. The molecule has 2 aromatic heterocycles. The van der Waals surface area contributed by atoms with Gasteiger partial charge in [0.25, 0.3) is 0 Å². The minimum Gasteiger partial charge on any atom is -0.464 e. The van der Waals surface area contributed by atoms with Crippen molar-refractivity contribution in [1.29, 1.82) is 0 Å². The van der Waals surface area contributed by atoms with E-state index in [9.17, 15) is 0 Å².